The summed E-state index contributed by atoms with van der Waals surface area (Å²) in [5, 5.41) is 6.89. The lowest BCUT2D eigenvalue weighted by Gasteiger charge is -2.18. The lowest BCUT2D eigenvalue weighted by molar-refractivity contribution is -0.122. The van der Waals surface area contributed by atoms with Crippen molar-refractivity contribution in [2.24, 2.45) is 5.92 Å². The van der Waals surface area contributed by atoms with Crippen LogP contribution in [-0.4, -0.2) is 37.1 Å². The third-order valence-electron chi connectivity index (χ3n) is 8.84. The second-order valence-corrected chi connectivity index (χ2v) is 13.7. The molecule has 0 radical (unpaired) electrons. The van der Waals surface area contributed by atoms with Crippen molar-refractivity contribution < 1.29 is 9.90 Å². The van der Waals surface area contributed by atoms with Gasteiger partial charge in [-0.05, 0) is 104 Å². The summed E-state index contributed by atoms with van der Waals surface area (Å²) in [6.07, 6.45) is 57.3. The van der Waals surface area contributed by atoms with Gasteiger partial charge in [-0.15, -0.1) is 0 Å². The van der Waals surface area contributed by atoms with Crippen LogP contribution in [0.2, 0.25) is 0 Å². The van der Waals surface area contributed by atoms with Gasteiger partial charge in [0.2, 0.25) is 0 Å². The predicted molar refractivity (Wildman–Crippen MR) is 208 cm³/mol. The molecule has 0 aliphatic carbocycles. The van der Waals surface area contributed by atoms with Crippen LogP contribution >= 0.6 is 0 Å². The Bertz CT molecular complexity index is 630. The summed E-state index contributed by atoms with van der Waals surface area (Å²) in [5.41, 5.74) is 0. The Labute approximate surface area is 289 Å². The van der Waals surface area contributed by atoms with E-state index in [1.165, 1.54) is 173 Å². The molecule has 0 rings (SSSR count). The van der Waals surface area contributed by atoms with Crippen LogP contribution < -0.4 is 0 Å². The van der Waals surface area contributed by atoms with E-state index < -0.39 is 0 Å². The van der Waals surface area contributed by atoms with Gasteiger partial charge < -0.3 is 10.0 Å². The Hall–Kier alpha value is -1.61. The summed E-state index contributed by atoms with van der Waals surface area (Å²) in [7, 11) is 4.44. The Balaban J connectivity index is 0. The summed E-state index contributed by atoms with van der Waals surface area (Å²) in [6, 6.07) is 0. The first-order valence-electron chi connectivity index (χ1n) is 19.9. The molecule has 46 heavy (non-hydrogen) atoms. The lowest BCUT2D eigenvalue weighted by Crippen LogP contribution is -2.14. The number of unbranched alkanes of at least 4 members (excludes halogenated alkanes) is 18. The highest BCUT2D eigenvalue weighted by atomic mass is 16.3. The molecule has 0 aromatic heterocycles. The number of nitrogens with zero attached hydrogens (tertiary/aromatic N) is 1. The minimum absolute atomic E-state index is 0.250. The Morgan fingerprint density at radius 1 is 0.457 bits per heavy atom. The average molecular weight is 644 g/mol. The molecule has 0 spiro atoms. The molecular weight excluding hydrogens is 562 g/mol. The quantitative estimate of drug-likeness (QED) is 0.0431. The molecular formula is C43H81NO2. The smallest absolute Gasteiger partial charge is 0.290 e. The molecule has 3 nitrogen and oxygen atoms in total. The largest absolute Gasteiger partial charge is 0.483 e. The molecule has 0 amide bonds. The summed E-state index contributed by atoms with van der Waals surface area (Å²) < 4.78 is 0. The molecule has 0 bridgehead atoms. The molecule has 0 unspecified atom stereocenters. The highest BCUT2D eigenvalue weighted by Gasteiger charge is 2.09. The molecule has 1 N–H and O–H groups in total. The monoisotopic (exact) mass is 644 g/mol. The third kappa shape index (κ3) is 44.5. The van der Waals surface area contributed by atoms with E-state index in [2.05, 4.69) is 81.5 Å². The lowest BCUT2D eigenvalue weighted by atomic mass is 9.90. The van der Waals surface area contributed by atoms with E-state index in [1.807, 2.05) is 0 Å². The molecule has 0 atom stereocenters. The van der Waals surface area contributed by atoms with Crippen molar-refractivity contribution in [1.82, 2.24) is 4.90 Å². The van der Waals surface area contributed by atoms with E-state index in [0.29, 0.717) is 0 Å². The summed E-state index contributed by atoms with van der Waals surface area (Å²) >= 11 is 0. The van der Waals surface area contributed by atoms with Crippen LogP contribution in [0.3, 0.4) is 0 Å². The van der Waals surface area contributed by atoms with Crippen molar-refractivity contribution in [2.75, 3.05) is 20.6 Å². The maximum atomic E-state index is 8.36. The van der Waals surface area contributed by atoms with Crippen LogP contribution in [0.5, 0.6) is 0 Å². The standard InChI is InChI=1S/C42H79N.CH2O2/c1-5-7-9-11-13-15-17-19-21-23-25-27-29-31-33-35-38-42(40-37-41-43(3)4)39-36-34-32-30-28-26-24-22-20-18-16-14-12-10-8-6-2;2-1-3/h13-16,19-22,42H,5-12,17-18,23-41H2,1-4H3;1H,(H,2,3)/b15-13-,16-14-,21-19-,22-20-;. The SMILES string of the molecule is CCCCC/C=C\C/C=C\CCCCCCCCC(CCCCCCCC/C=C\C/C=C\CCCCC)CCCN(C)C.O=CO. The zero-order valence-electron chi connectivity index (χ0n) is 31.6. The maximum Gasteiger partial charge on any atom is 0.290 e. The van der Waals surface area contributed by atoms with Crippen molar-refractivity contribution >= 4 is 6.47 Å². The molecule has 0 fully saturated rings. The summed E-state index contributed by atoms with van der Waals surface area (Å²) in [6.45, 7) is 5.55. The number of allylic oxidation sites excluding steroid dienone is 8. The van der Waals surface area contributed by atoms with Crippen LogP contribution in [0, 0.1) is 5.92 Å². The van der Waals surface area contributed by atoms with Gasteiger partial charge in [0.1, 0.15) is 0 Å². The molecule has 0 heterocycles. The second-order valence-electron chi connectivity index (χ2n) is 13.7. The number of carbonyl (C=O) groups is 1. The average Bonchev–Trinajstić information content (AvgIpc) is 3.04. The summed E-state index contributed by atoms with van der Waals surface area (Å²) in [5.74, 6) is 0.969. The maximum absolute atomic E-state index is 8.36. The van der Waals surface area contributed by atoms with Crippen molar-refractivity contribution in [3.05, 3.63) is 48.6 Å². The van der Waals surface area contributed by atoms with E-state index in [4.69, 9.17) is 9.90 Å². The number of rotatable bonds is 34. The van der Waals surface area contributed by atoms with Gasteiger partial charge in [0, 0.05) is 0 Å². The van der Waals surface area contributed by atoms with Gasteiger partial charge in [0.15, 0.2) is 0 Å². The van der Waals surface area contributed by atoms with E-state index >= 15 is 0 Å². The van der Waals surface area contributed by atoms with Gasteiger partial charge in [-0.25, -0.2) is 0 Å². The Kier molecular flexibility index (Phi) is 43.9. The van der Waals surface area contributed by atoms with Crippen LogP contribution in [0.4, 0.5) is 0 Å². The first-order chi connectivity index (χ1) is 22.6. The minimum Gasteiger partial charge on any atom is -0.483 e. The number of hydrogen-bond donors (Lipinski definition) is 1. The zero-order chi connectivity index (χ0) is 34.0. The van der Waals surface area contributed by atoms with Gasteiger partial charge in [0.05, 0.1) is 0 Å². The van der Waals surface area contributed by atoms with Crippen LogP contribution in [0.1, 0.15) is 194 Å². The third-order valence-corrected chi connectivity index (χ3v) is 8.84. The molecule has 0 saturated heterocycles. The highest BCUT2D eigenvalue weighted by Crippen LogP contribution is 2.23. The fraction of sp³-hybridized carbons (Fsp3) is 0.791. The topological polar surface area (TPSA) is 40.5 Å². The zero-order valence-corrected chi connectivity index (χ0v) is 31.6. The van der Waals surface area contributed by atoms with Crippen LogP contribution in [-0.2, 0) is 4.79 Å². The van der Waals surface area contributed by atoms with Crippen LogP contribution in [0.15, 0.2) is 48.6 Å². The van der Waals surface area contributed by atoms with Gasteiger partial charge in [-0.2, -0.15) is 0 Å². The fourth-order valence-corrected chi connectivity index (χ4v) is 5.97. The Morgan fingerprint density at radius 2 is 0.761 bits per heavy atom. The first kappa shape index (κ1) is 46.5. The first-order valence-corrected chi connectivity index (χ1v) is 19.9. The van der Waals surface area contributed by atoms with E-state index in [9.17, 15) is 0 Å². The van der Waals surface area contributed by atoms with Crippen molar-refractivity contribution in [3.8, 4) is 0 Å². The highest BCUT2D eigenvalue weighted by molar-refractivity contribution is 5.32. The molecule has 270 valence electrons. The number of hydrogen-bond acceptors (Lipinski definition) is 2. The molecule has 0 aromatic carbocycles. The van der Waals surface area contributed by atoms with Gasteiger partial charge in [-0.3, -0.25) is 4.79 Å². The van der Waals surface area contributed by atoms with Crippen LogP contribution in [0.25, 0.3) is 0 Å². The Morgan fingerprint density at radius 3 is 1.11 bits per heavy atom. The molecule has 0 saturated carbocycles. The van der Waals surface area contributed by atoms with Crippen molar-refractivity contribution in [2.45, 2.75) is 194 Å². The second kappa shape index (κ2) is 43.4. The van der Waals surface area contributed by atoms with E-state index in [1.54, 1.807) is 0 Å². The predicted octanol–water partition coefficient (Wildman–Crippen LogP) is 14.1. The molecule has 0 aromatic rings. The van der Waals surface area contributed by atoms with E-state index in [-0.39, 0.29) is 6.47 Å². The van der Waals surface area contributed by atoms with Gasteiger partial charge in [-0.1, -0.05) is 165 Å². The summed E-state index contributed by atoms with van der Waals surface area (Å²) in [4.78, 5) is 10.7. The molecule has 0 aliphatic rings. The molecule has 0 aliphatic heterocycles. The van der Waals surface area contributed by atoms with E-state index in [0.717, 1.165) is 18.8 Å². The fourth-order valence-electron chi connectivity index (χ4n) is 5.97. The number of carboxylic acid groups (broad SMARTS) is 1. The van der Waals surface area contributed by atoms with Crippen molar-refractivity contribution in [1.29, 1.82) is 0 Å². The van der Waals surface area contributed by atoms with Crippen molar-refractivity contribution in [3.63, 3.8) is 0 Å². The normalized spacial score (nSPS) is 12.0. The molecule has 3 heteroatoms. The van der Waals surface area contributed by atoms with Gasteiger partial charge in [0.25, 0.3) is 6.47 Å². The minimum atomic E-state index is -0.250. The van der Waals surface area contributed by atoms with Gasteiger partial charge >= 0.3 is 0 Å².